The normalized spacial score (nSPS) is 11.2. The molecule has 0 aliphatic heterocycles. The van der Waals surface area contributed by atoms with Gasteiger partial charge in [0.2, 0.25) is 0 Å². The number of para-hydroxylation sites is 2. The van der Waals surface area contributed by atoms with E-state index in [1.165, 1.54) is 17.3 Å². The lowest BCUT2D eigenvalue weighted by Gasteiger charge is -2.02. The van der Waals surface area contributed by atoms with Crippen LogP contribution in [-0.2, 0) is 11.8 Å². The summed E-state index contributed by atoms with van der Waals surface area (Å²) < 4.78 is 1.99. The van der Waals surface area contributed by atoms with Crippen molar-refractivity contribution in [3.8, 4) is 11.1 Å². The number of hydrogen-bond donors (Lipinski definition) is 1. The van der Waals surface area contributed by atoms with Gasteiger partial charge in [-0.1, -0.05) is 78.5 Å². The van der Waals surface area contributed by atoms with Crippen LogP contribution in [0.1, 0.15) is 5.56 Å². The van der Waals surface area contributed by atoms with Crippen LogP contribution in [0.5, 0.6) is 0 Å². The van der Waals surface area contributed by atoms with Gasteiger partial charge in [-0.15, -0.1) is 0 Å². The second-order valence-corrected chi connectivity index (χ2v) is 7.45. The minimum atomic E-state index is -0.167. The van der Waals surface area contributed by atoms with Crippen LogP contribution >= 0.6 is 11.8 Å². The van der Waals surface area contributed by atoms with Crippen LogP contribution in [0.15, 0.2) is 89.1 Å². The number of carbonyl (C=O) groups is 1. The fourth-order valence-electron chi connectivity index (χ4n) is 2.99. The number of aromatic nitrogens is 2. The first kappa shape index (κ1) is 19.0. The van der Waals surface area contributed by atoms with E-state index in [0.29, 0.717) is 0 Å². The summed E-state index contributed by atoms with van der Waals surface area (Å²) in [7, 11) is 1.95. The van der Waals surface area contributed by atoms with Gasteiger partial charge in [-0.3, -0.25) is 4.79 Å². The van der Waals surface area contributed by atoms with E-state index < -0.39 is 0 Å². The van der Waals surface area contributed by atoms with Crippen LogP contribution < -0.4 is 5.43 Å². The van der Waals surface area contributed by atoms with Crippen LogP contribution in [0.3, 0.4) is 0 Å². The van der Waals surface area contributed by atoms with Crippen molar-refractivity contribution in [1.82, 2.24) is 15.0 Å². The molecule has 1 aromatic heterocycles. The molecule has 1 amide bonds. The van der Waals surface area contributed by atoms with Gasteiger partial charge in [-0.2, -0.15) is 5.10 Å². The summed E-state index contributed by atoms with van der Waals surface area (Å²) in [5, 5.41) is 4.86. The van der Waals surface area contributed by atoms with E-state index in [1.807, 2.05) is 78.3 Å². The first-order chi connectivity index (χ1) is 14.2. The summed E-state index contributed by atoms with van der Waals surface area (Å²) in [5.41, 5.74) is 7.79. The van der Waals surface area contributed by atoms with Crippen LogP contribution in [-0.4, -0.2) is 27.4 Å². The van der Waals surface area contributed by atoms with Gasteiger partial charge in [0.1, 0.15) is 0 Å². The first-order valence-corrected chi connectivity index (χ1v) is 10.2. The summed E-state index contributed by atoms with van der Waals surface area (Å²) in [6.07, 6.45) is 1.65. The lowest BCUT2D eigenvalue weighted by atomic mass is 10.0. The number of fused-ring (bicyclic) bond motifs is 1. The van der Waals surface area contributed by atoms with Gasteiger partial charge in [-0.25, -0.2) is 10.4 Å². The van der Waals surface area contributed by atoms with Gasteiger partial charge in [-0.05, 0) is 28.8 Å². The Kier molecular flexibility index (Phi) is 5.72. The molecule has 5 nitrogen and oxygen atoms in total. The Morgan fingerprint density at radius 2 is 1.69 bits per heavy atom. The Labute approximate surface area is 173 Å². The number of thioether (sulfide) groups is 1. The van der Waals surface area contributed by atoms with Crippen molar-refractivity contribution >= 4 is 34.9 Å². The van der Waals surface area contributed by atoms with Crippen molar-refractivity contribution in [2.24, 2.45) is 12.1 Å². The summed E-state index contributed by atoms with van der Waals surface area (Å²) in [5.74, 6) is 0.0840. The number of nitrogens with zero attached hydrogens (tertiary/aromatic N) is 3. The molecule has 0 saturated carbocycles. The standard InChI is InChI=1S/C23H20N4OS/c1-27-21-10-6-5-9-20(21)25-23(27)29-16-22(28)26-24-15-17-11-13-19(14-12-17)18-7-3-2-4-8-18/h2-15H,16H2,1H3,(H,26,28)/b24-15+. The number of amides is 1. The lowest BCUT2D eigenvalue weighted by Crippen LogP contribution is -2.19. The zero-order valence-electron chi connectivity index (χ0n) is 15.9. The van der Waals surface area contributed by atoms with Crippen molar-refractivity contribution in [1.29, 1.82) is 0 Å². The van der Waals surface area contributed by atoms with Crippen LogP contribution in [0.2, 0.25) is 0 Å². The van der Waals surface area contributed by atoms with Crippen LogP contribution in [0.25, 0.3) is 22.2 Å². The molecule has 29 heavy (non-hydrogen) atoms. The number of rotatable bonds is 6. The van der Waals surface area contributed by atoms with E-state index in [2.05, 4.69) is 27.6 Å². The van der Waals surface area contributed by atoms with Crippen molar-refractivity contribution in [2.75, 3.05) is 5.75 Å². The van der Waals surface area contributed by atoms with E-state index in [-0.39, 0.29) is 11.7 Å². The molecule has 0 unspecified atom stereocenters. The maximum absolute atomic E-state index is 12.1. The second-order valence-electron chi connectivity index (χ2n) is 6.51. The van der Waals surface area contributed by atoms with E-state index in [1.54, 1.807) is 6.21 Å². The summed E-state index contributed by atoms with van der Waals surface area (Å²) >= 11 is 1.39. The zero-order chi connectivity index (χ0) is 20.1. The average Bonchev–Trinajstić information content (AvgIpc) is 3.09. The fraction of sp³-hybridized carbons (Fsp3) is 0.0870. The van der Waals surface area contributed by atoms with Gasteiger partial charge in [0, 0.05) is 7.05 Å². The van der Waals surface area contributed by atoms with E-state index in [4.69, 9.17) is 0 Å². The predicted molar refractivity (Wildman–Crippen MR) is 119 cm³/mol. The zero-order valence-corrected chi connectivity index (χ0v) is 16.8. The van der Waals surface area contributed by atoms with Crippen molar-refractivity contribution in [3.05, 3.63) is 84.4 Å². The number of hydrogen-bond acceptors (Lipinski definition) is 4. The fourth-order valence-corrected chi connectivity index (χ4v) is 3.77. The highest BCUT2D eigenvalue weighted by molar-refractivity contribution is 7.99. The third-order valence-electron chi connectivity index (χ3n) is 4.50. The molecular weight excluding hydrogens is 380 g/mol. The molecule has 4 aromatic rings. The molecule has 3 aromatic carbocycles. The van der Waals surface area contributed by atoms with Gasteiger partial charge in [0.05, 0.1) is 23.0 Å². The molecule has 0 aliphatic carbocycles. The number of nitrogens with one attached hydrogen (secondary N) is 1. The van der Waals surface area contributed by atoms with Gasteiger partial charge >= 0.3 is 0 Å². The highest BCUT2D eigenvalue weighted by atomic mass is 32.2. The molecule has 0 radical (unpaired) electrons. The van der Waals surface area contributed by atoms with Crippen molar-refractivity contribution in [2.45, 2.75) is 5.16 Å². The summed E-state index contributed by atoms with van der Waals surface area (Å²) in [6, 6.07) is 26.1. The first-order valence-electron chi connectivity index (χ1n) is 9.22. The van der Waals surface area contributed by atoms with Gasteiger partial charge in [0.15, 0.2) is 5.16 Å². The Hall–Kier alpha value is -3.38. The molecule has 6 heteroatoms. The molecule has 1 N–H and O–H groups in total. The molecule has 0 fully saturated rings. The Bertz CT molecular complexity index is 1150. The maximum atomic E-state index is 12.1. The smallest absolute Gasteiger partial charge is 0.250 e. The molecular formula is C23H20N4OS. The Morgan fingerprint density at radius 1 is 1.00 bits per heavy atom. The molecule has 144 valence electrons. The lowest BCUT2D eigenvalue weighted by molar-refractivity contribution is -0.118. The van der Waals surface area contributed by atoms with E-state index in [9.17, 15) is 4.79 Å². The number of imidazole rings is 1. The topological polar surface area (TPSA) is 59.3 Å². The molecule has 1 heterocycles. The molecule has 0 aliphatic rings. The molecule has 0 bridgehead atoms. The number of hydrazone groups is 1. The molecule has 0 atom stereocenters. The van der Waals surface area contributed by atoms with Crippen LogP contribution in [0, 0.1) is 0 Å². The quantitative estimate of drug-likeness (QED) is 0.295. The van der Waals surface area contributed by atoms with Crippen molar-refractivity contribution < 1.29 is 4.79 Å². The SMILES string of the molecule is Cn1c(SCC(=O)N/N=C/c2ccc(-c3ccccc3)cc2)nc2ccccc21. The number of carbonyl (C=O) groups excluding carboxylic acids is 1. The summed E-state index contributed by atoms with van der Waals surface area (Å²) in [6.45, 7) is 0. The third-order valence-corrected chi connectivity index (χ3v) is 5.53. The Morgan fingerprint density at radius 3 is 2.45 bits per heavy atom. The monoisotopic (exact) mass is 400 g/mol. The maximum Gasteiger partial charge on any atom is 0.250 e. The van der Waals surface area contributed by atoms with Crippen molar-refractivity contribution in [3.63, 3.8) is 0 Å². The molecule has 0 spiro atoms. The minimum Gasteiger partial charge on any atom is -0.322 e. The number of benzene rings is 3. The largest absolute Gasteiger partial charge is 0.322 e. The van der Waals surface area contributed by atoms with Gasteiger partial charge < -0.3 is 4.57 Å². The van der Waals surface area contributed by atoms with Gasteiger partial charge in [0.25, 0.3) is 5.91 Å². The highest BCUT2D eigenvalue weighted by Crippen LogP contribution is 2.22. The van der Waals surface area contributed by atoms with E-state index in [0.717, 1.165) is 27.3 Å². The summed E-state index contributed by atoms with van der Waals surface area (Å²) in [4.78, 5) is 16.6. The molecule has 4 rings (SSSR count). The second kappa shape index (κ2) is 8.75. The minimum absolute atomic E-state index is 0.167. The average molecular weight is 401 g/mol. The van der Waals surface area contributed by atoms with Crippen LogP contribution in [0.4, 0.5) is 0 Å². The third kappa shape index (κ3) is 4.55. The molecule has 0 saturated heterocycles. The predicted octanol–water partition coefficient (Wildman–Crippen LogP) is 4.48. The number of aryl methyl sites for hydroxylation is 1. The Balaban J connectivity index is 1.31. The highest BCUT2D eigenvalue weighted by Gasteiger charge is 2.09. The van der Waals surface area contributed by atoms with E-state index >= 15 is 0 Å².